The number of rotatable bonds is 6. The van der Waals surface area contributed by atoms with Gasteiger partial charge in [-0.05, 0) is 31.7 Å². The van der Waals surface area contributed by atoms with Crippen LogP contribution in [-0.2, 0) is 4.79 Å². The first-order valence-electron chi connectivity index (χ1n) is 7.57. The van der Waals surface area contributed by atoms with Crippen LogP contribution >= 0.6 is 0 Å². The molecule has 1 aromatic rings. The van der Waals surface area contributed by atoms with E-state index in [1.165, 1.54) is 37.9 Å². The highest BCUT2D eigenvalue weighted by Crippen LogP contribution is 2.29. The maximum atomic E-state index is 8.36. The van der Waals surface area contributed by atoms with Crippen molar-refractivity contribution in [1.29, 1.82) is 0 Å². The van der Waals surface area contributed by atoms with E-state index in [-0.39, 0.29) is 6.47 Å². The van der Waals surface area contributed by atoms with Crippen molar-refractivity contribution < 1.29 is 9.90 Å². The van der Waals surface area contributed by atoms with Gasteiger partial charge in [0.15, 0.2) is 0 Å². The molecule has 1 saturated heterocycles. The number of aromatic amines is 1. The molecule has 2 atom stereocenters. The van der Waals surface area contributed by atoms with Crippen LogP contribution in [0.5, 0.6) is 0 Å². The number of hydrogen-bond acceptors (Lipinski definition) is 3. The second-order valence-corrected chi connectivity index (χ2v) is 5.30. The van der Waals surface area contributed by atoms with Crippen LogP contribution in [0.4, 0.5) is 0 Å². The molecule has 0 bridgehead atoms. The summed E-state index contributed by atoms with van der Waals surface area (Å²) in [5, 5.41) is 10.5. The van der Waals surface area contributed by atoms with Gasteiger partial charge in [0.1, 0.15) is 5.82 Å². The number of imidazole rings is 1. The summed E-state index contributed by atoms with van der Waals surface area (Å²) in [5.74, 6) is 2.67. The predicted octanol–water partition coefficient (Wildman–Crippen LogP) is 2.77. The maximum Gasteiger partial charge on any atom is 0.290 e. The third-order valence-electron chi connectivity index (χ3n) is 4.26. The van der Waals surface area contributed by atoms with Crippen molar-refractivity contribution in [1.82, 2.24) is 15.3 Å². The molecule has 1 unspecified atom stereocenters. The molecule has 0 aromatic carbocycles. The van der Waals surface area contributed by atoms with Crippen LogP contribution in [0.3, 0.4) is 0 Å². The lowest BCUT2D eigenvalue weighted by Crippen LogP contribution is -2.27. The summed E-state index contributed by atoms with van der Waals surface area (Å²) in [6.45, 7) is 5.50. The van der Waals surface area contributed by atoms with E-state index < -0.39 is 0 Å². The molecule has 1 fully saturated rings. The molecule has 5 heteroatoms. The fourth-order valence-electron chi connectivity index (χ4n) is 2.99. The topological polar surface area (TPSA) is 78.0 Å². The minimum absolute atomic E-state index is 0.250. The molecule has 114 valence electrons. The molecule has 2 rings (SSSR count). The summed E-state index contributed by atoms with van der Waals surface area (Å²) in [4.78, 5) is 16.1. The molecule has 0 spiro atoms. The first-order valence-corrected chi connectivity index (χ1v) is 7.57. The van der Waals surface area contributed by atoms with Crippen molar-refractivity contribution in [2.45, 2.75) is 57.9 Å². The highest BCUT2D eigenvalue weighted by atomic mass is 16.3. The van der Waals surface area contributed by atoms with Crippen LogP contribution in [0.1, 0.15) is 57.7 Å². The Balaban J connectivity index is 0.000000612. The first kappa shape index (κ1) is 16.7. The lowest BCUT2D eigenvalue weighted by molar-refractivity contribution is -0.122. The van der Waals surface area contributed by atoms with Gasteiger partial charge < -0.3 is 15.4 Å². The van der Waals surface area contributed by atoms with Crippen LogP contribution in [-0.4, -0.2) is 34.1 Å². The van der Waals surface area contributed by atoms with E-state index in [0.717, 1.165) is 12.5 Å². The minimum Gasteiger partial charge on any atom is -0.483 e. The van der Waals surface area contributed by atoms with Gasteiger partial charge in [-0.3, -0.25) is 4.79 Å². The molecular weight excluding hydrogens is 254 g/mol. The Morgan fingerprint density at radius 2 is 2.20 bits per heavy atom. The van der Waals surface area contributed by atoms with E-state index in [2.05, 4.69) is 29.1 Å². The maximum absolute atomic E-state index is 8.36. The second-order valence-electron chi connectivity index (χ2n) is 5.30. The number of nitrogens with zero attached hydrogens (tertiary/aromatic N) is 1. The van der Waals surface area contributed by atoms with E-state index in [9.17, 15) is 0 Å². The van der Waals surface area contributed by atoms with E-state index in [1.54, 1.807) is 0 Å². The van der Waals surface area contributed by atoms with Crippen LogP contribution < -0.4 is 5.32 Å². The zero-order chi connectivity index (χ0) is 14.8. The summed E-state index contributed by atoms with van der Waals surface area (Å²) in [6, 6.07) is 0.627. The van der Waals surface area contributed by atoms with Crippen molar-refractivity contribution in [3.8, 4) is 0 Å². The molecule has 3 N–H and O–H groups in total. The largest absolute Gasteiger partial charge is 0.483 e. The van der Waals surface area contributed by atoms with Gasteiger partial charge in [-0.25, -0.2) is 4.98 Å². The Kier molecular flexibility index (Phi) is 7.95. The van der Waals surface area contributed by atoms with Gasteiger partial charge in [-0.2, -0.15) is 0 Å². The van der Waals surface area contributed by atoms with E-state index in [4.69, 9.17) is 9.90 Å². The van der Waals surface area contributed by atoms with Crippen molar-refractivity contribution in [2.75, 3.05) is 6.54 Å². The quantitative estimate of drug-likeness (QED) is 0.701. The van der Waals surface area contributed by atoms with Crippen molar-refractivity contribution in [3.05, 3.63) is 18.2 Å². The number of nitrogens with one attached hydrogen (secondary N) is 2. The lowest BCUT2D eigenvalue weighted by Gasteiger charge is -2.20. The van der Waals surface area contributed by atoms with Crippen molar-refractivity contribution >= 4 is 6.47 Å². The van der Waals surface area contributed by atoms with Crippen LogP contribution in [0, 0.1) is 5.92 Å². The van der Waals surface area contributed by atoms with Gasteiger partial charge in [0.05, 0.1) is 0 Å². The number of carboxylic acid groups (broad SMARTS) is 1. The predicted molar refractivity (Wildman–Crippen MR) is 79.7 cm³/mol. The van der Waals surface area contributed by atoms with Gasteiger partial charge >= 0.3 is 0 Å². The highest BCUT2D eigenvalue weighted by molar-refractivity contribution is 5.32. The minimum atomic E-state index is -0.250. The lowest BCUT2D eigenvalue weighted by atomic mass is 9.90. The Labute approximate surface area is 121 Å². The summed E-state index contributed by atoms with van der Waals surface area (Å²) < 4.78 is 0. The van der Waals surface area contributed by atoms with E-state index >= 15 is 0 Å². The average Bonchev–Trinajstić information content (AvgIpc) is 3.11. The Hall–Kier alpha value is -1.36. The molecule has 0 saturated carbocycles. The molecular formula is C15H27N3O2. The molecule has 2 heterocycles. The molecule has 0 aliphatic carbocycles. The Morgan fingerprint density at radius 1 is 1.50 bits per heavy atom. The van der Waals surface area contributed by atoms with Crippen LogP contribution in [0.2, 0.25) is 0 Å². The smallest absolute Gasteiger partial charge is 0.290 e. The van der Waals surface area contributed by atoms with E-state index in [1.807, 2.05) is 12.4 Å². The molecule has 1 aliphatic heterocycles. The van der Waals surface area contributed by atoms with E-state index in [0.29, 0.717) is 12.0 Å². The van der Waals surface area contributed by atoms with Gasteiger partial charge in [-0.1, -0.05) is 26.7 Å². The normalized spacial score (nSPS) is 21.6. The summed E-state index contributed by atoms with van der Waals surface area (Å²) in [7, 11) is 0. The zero-order valence-electron chi connectivity index (χ0n) is 12.5. The SMILES string of the molecule is CCC(CC)CCC1NCC[C@H]1c1ncc[nH]1.O=CO. The molecule has 5 nitrogen and oxygen atoms in total. The zero-order valence-corrected chi connectivity index (χ0v) is 12.5. The molecule has 1 aliphatic rings. The first-order chi connectivity index (χ1) is 9.76. The van der Waals surface area contributed by atoms with Gasteiger partial charge in [0.25, 0.3) is 6.47 Å². The van der Waals surface area contributed by atoms with Crippen LogP contribution in [0.25, 0.3) is 0 Å². The average molecular weight is 281 g/mol. The van der Waals surface area contributed by atoms with Crippen molar-refractivity contribution in [2.24, 2.45) is 5.92 Å². The van der Waals surface area contributed by atoms with Crippen LogP contribution in [0.15, 0.2) is 12.4 Å². The van der Waals surface area contributed by atoms with Gasteiger partial charge in [0.2, 0.25) is 0 Å². The van der Waals surface area contributed by atoms with Gasteiger partial charge in [0, 0.05) is 24.4 Å². The molecule has 0 radical (unpaired) electrons. The summed E-state index contributed by atoms with van der Waals surface area (Å²) >= 11 is 0. The number of aromatic nitrogens is 2. The Morgan fingerprint density at radius 3 is 2.75 bits per heavy atom. The summed E-state index contributed by atoms with van der Waals surface area (Å²) in [5.41, 5.74) is 0. The Bertz CT molecular complexity index is 350. The number of hydrogen-bond donors (Lipinski definition) is 3. The number of carbonyl (C=O) groups is 1. The monoisotopic (exact) mass is 281 g/mol. The fraction of sp³-hybridized carbons (Fsp3) is 0.733. The molecule has 20 heavy (non-hydrogen) atoms. The number of H-pyrrole nitrogens is 1. The highest BCUT2D eigenvalue weighted by Gasteiger charge is 2.29. The summed E-state index contributed by atoms with van der Waals surface area (Å²) in [6.07, 6.45) is 10.3. The third kappa shape index (κ3) is 4.96. The second kappa shape index (κ2) is 9.53. The standard InChI is InChI=1S/C14H25N3.CH2O2/c1-3-11(4-2)5-6-13-12(7-8-15-13)14-16-9-10-17-14;2-1-3/h9-13,15H,3-8H2,1-2H3,(H,16,17);1H,(H,2,3)/t12-,13?;/m1./s1. The molecule has 1 aromatic heterocycles. The van der Waals surface area contributed by atoms with Crippen molar-refractivity contribution in [3.63, 3.8) is 0 Å². The van der Waals surface area contributed by atoms with Gasteiger partial charge in [-0.15, -0.1) is 0 Å². The molecule has 0 amide bonds. The fourth-order valence-corrected chi connectivity index (χ4v) is 2.99. The third-order valence-corrected chi connectivity index (χ3v) is 4.26.